The highest BCUT2D eigenvalue weighted by Crippen LogP contribution is 2.38. The molecule has 0 atom stereocenters. The summed E-state index contributed by atoms with van der Waals surface area (Å²) in [5, 5.41) is 3.22. The first-order valence-electron chi connectivity index (χ1n) is 7.17. The van der Waals surface area contributed by atoms with Gasteiger partial charge in [-0.15, -0.1) is 0 Å². The number of carbonyl (C=O) groups excluding carboxylic acids is 1. The number of carbonyl (C=O) groups is 1. The highest BCUT2D eigenvalue weighted by atomic mass is 35.5. The van der Waals surface area contributed by atoms with E-state index in [0.29, 0.717) is 41.8 Å². The number of benzene rings is 2. The van der Waals surface area contributed by atoms with Crippen molar-refractivity contribution in [2.75, 3.05) is 20.3 Å². The Kier molecular flexibility index (Phi) is 4.57. The Bertz CT molecular complexity index is 715. The van der Waals surface area contributed by atoms with Crippen molar-refractivity contribution in [1.82, 2.24) is 5.32 Å². The van der Waals surface area contributed by atoms with Gasteiger partial charge in [-0.1, -0.05) is 23.7 Å². The maximum absolute atomic E-state index is 12.3. The van der Waals surface area contributed by atoms with Crippen molar-refractivity contribution in [2.24, 2.45) is 0 Å². The average Bonchev–Trinajstić information content (AvgIpc) is 2.60. The molecule has 120 valence electrons. The molecule has 1 heterocycles. The van der Waals surface area contributed by atoms with E-state index >= 15 is 0 Å². The van der Waals surface area contributed by atoms with Crippen molar-refractivity contribution in [3.05, 3.63) is 52.5 Å². The summed E-state index contributed by atoms with van der Waals surface area (Å²) in [6.45, 7) is 1.31. The summed E-state index contributed by atoms with van der Waals surface area (Å²) < 4.78 is 16.0. The highest BCUT2D eigenvalue weighted by Gasteiger charge is 2.19. The number of amides is 1. The van der Waals surface area contributed by atoms with E-state index in [9.17, 15) is 4.79 Å². The maximum atomic E-state index is 12.3. The van der Waals surface area contributed by atoms with Crippen LogP contribution in [-0.4, -0.2) is 26.2 Å². The van der Waals surface area contributed by atoms with Gasteiger partial charge in [0, 0.05) is 12.1 Å². The summed E-state index contributed by atoms with van der Waals surface area (Å²) in [6.07, 6.45) is 0. The molecule has 0 aliphatic carbocycles. The zero-order valence-electron chi connectivity index (χ0n) is 12.6. The van der Waals surface area contributed by atoms with Gasteiger partial charge in [-0.2, -0.15) is 0 Å². The van der Waals surface area contributed by atoms with E-state index < -0.39 is 0 Å². The topological polar surface area (TPSA) is 56.8 Å². The van der Waals surface area contributed by atoms with Crippen LogP contribution in [0.4, 0.5) is 0 Å². The average molecular weight is 334 g/mol. The zero-order valence-corrected chi connectivity index (χ0v) is 13.4. The Morgan fingerprint density at radius 3 is 2.70 bits per heavy atom. The molecule has 0 saturated carbocycles. The van der Waals surface area contributed by atoms with E-state index in [1.807, 2.05) is 24.3 Å². The number of nitrogens with one attached hydrogen (secondary N) is 1. The smallest absolute Gasteiger partial charge is 0.251 e. The molecule has 5 nitrogen and oxygen atoms in total. The molecule has 23 heavy (non-hydrogen) atoms. The van der Waals surface area contributed by atoms with E-state index in [-0.39, 0.29) is 5.91 Å². The van der Waals surface area contributed by atoms with Crippen LogP contribution < -0.4 is 19.5 Å². The Labute approximate surface area is 139 Å². The molecular formula is C17H16ClNO4. The van der Waals surface area contributed by atoms with Crippen LogP contribution in [-0.2, 0) is 6.54 Å². The minimum absolute atomic E-state index is 0.223. The van der Waals surface area contributed by atoms with Gasteiger partial charge in [-0.25, -0.2) is 0 Å². The second kappa shape index (κ2) is 6.79. The Morgan fingerprint density at radius 2 is 1.96 bits per heavy atom. The monoisotopic (exact) mass is 333 g/mol. The molecule has 1 N–H and O–H groups in total. The second-order valence-corrected chi connectivity index (χ2v) is 5.42. The molecule has 1 amide bonds. The Balaban J connectivity index is 1.69. The third-order valence-electron chi connectivity index (χ3n) is 3.47. The molecule has 1 aliphatic rings. The second-order valence-electron chi connectivity index (χ2n) is 5.01. The zero-order chi connectivity index (χ0) is 16.2. The number of rotatable bonds is 4. The van der Waals surface area contributed by atoms with Crippen LogP contribution in [0.5, 0.6) is 17.2 Å². The third kappa shape index (κ3) is 3.51. The minimum atomic E-state index is -0.223. The quantitative estimate of drug-likeness (QED) is 0.934. The van der Waals surface area contributed by atoms with E-state index in [0.717, 1.165) is 11.3 Å². The van der Waals surface area contributed by atoms with Gasteiger partial charge in [0.15, 0.2) is 11.5 Å². The van der Waals surface area contributed by atoms with Crippen LogP contribution in [0.2, 0.25) is 5.02 Å². The van der Waals surface area contributed by atoms with Crippen molar-refractivity contribution in [3.63, 3.8) is 0 Å². The first kappa shape index (κ1) is 15.5. The lowest BCUT2D eigenvalue weighted by atomic mass is 10.1. The first-order chi connectivity index (χ1) is 11.2. The first-order valence-corrected chi connectivity index (χ1v) is 7.55. The highest BCUT2D eigenvalue weighted by molar-refractivity contribution is 6.32. The van der Waals surface area contributed by atoms with Gasteiger partial charge in [-0.05, 0) is 29.8 Å². The summed E-state index contributed by atoms with van der Waals surface area (Å²) in [5.41, 5.74) is 1.41. The molecule has 0 spiro atoms. The SMILES string of the molecule is COc1ccc(CNC(=O)c2cc(Cl)c3c(c2)OCCO3)cc1. The van der Waals surface area contributed by atoms with E-state index in [4.69, 9.17) is 25.8 Å². The number of hydrogen-bond donors (Lipinski definition) is 1. The van der Waals surface area contributed by atoms with Crippen LogP contribution in [0.1, 0.15) is 15.9 Å². The molecule has 0 aromatic heterocycles. The fourth-order valence-corrected chi connectivity index (χ4v) is 2.53. The number of fused-ring (bicyclic) bond motifs is 1. The van der Waals surface area contributed by atoms with Crippen LogP contribution in [0.3, 0.4) is 0 Å². The summed E-state index contributed by atoms with van der Waals surface area (Å²) >= 11 is 6.14. The van der Waals surface area contributed by atoms with Gasteiger partial charge in [0.1, 0.15) is 19.0 Å². The van der Waals surface area contributed by atoms with Crippen LogP contribution in [0.15, 0.2) is 36.4 Å². The lowest BCUT2D eigenvalue weighted by molar-refractivity contribution is 0.0949. The molecule has 1 aliphatic heterocycles. The Hall–Kier alpha value is -2.40. The van der Waals surface area contributed by atoms with E-state index in [1.54, 1.807) is 19.2 Å². The van der Waals surface area contributed by atoms with Crippen LogP contribution >= 0.6 is 11.6 Å². The van der Waals surface area contributed by atoms with E-state index in [2.05, 4.69) is 5.32 Å². The summed E-state index contributed by atoms with van der Waals surface area (Å²) in [4.78, 5) is 12.3. The number of halogens is 1. The van der Waals surface area contributed by atoms with Crippen molar-refractivity contribution in [2.45, 2.75) is 6.54 Å². The number of methoxy groups -OCH3 is 1. The molecule has 6 heteroatoms. The standard InChI is InChI=1S/C17H16ClNO4/c1-21-13-4-2-11(3-5-13)10-19-17(20)12-8-14(18)16-15(9-12)22-6-7-23-16/h2-5,8-9H,6-7,10H2,1H3,(H,19,20). The summed E-state index contributed by atoms with van der Waals surface area (Å²) in [6, 6.07) is 10.7. The normalized spacial score (nSPS) is 12.6. The molecule has 0 bridgehead atoms. The van der Waals surface area contributed by atoms with Crippen molar-refractivity contribution in [3.8, 4) is 17.2 Å². The molecule has 0 radical (unpaired) electrons. The number of ether oxygens (including phenoxy) is 3. The molecule has 0 saturated heterocycles. The van der Waals surface area contributed by atoms with Crippen LogP contribution in [0, 0.1) is 0 Å². The fraction of sp³-hybridized carbons (Fsp3) is 0.235. The Morgan fingerprint density at radius 1 is 1.22 bits per heavy atom. The van der Waals surface area contributed by atoms with Crippen LogP contribution in [0.25, 0.3) is 0 Å². The van der Waals surface area contributed by atoms with Crippen molar-refractivity contribution in [1.29, 1.82) is 0 Å². The molecule has 2 aromatic rings. The van der Waals surface area contributed by atoms with Gasteiger partial charge >= 0.3 is 0 Å². The largest absolute Gasteiger partial charge is 0.497 e. The van der Waals surface area contributed by atoms with Gasteiger partial charge in [-0.3, -0.25) is 4.79 Å². The van der Waals surface area contributed by atoms with E-state index in [1.165, 1.54) is 0 Å². The van der Waals surface area contributed by atoms with Gasteiger partial charge in [0.2, 0.25) is 0 Å². The number of hydrogen-bond acceptors (Lipinski definition) is 4. The molecule has 0 fully saturated rings. The summed E-state index contributed by atoms with van der Waals surface area (Å²) in [5.74, 6) is 1.54. The molecule has 0 unspecified atom stereocenters. The summed E-state index contributed by atoms with van der Waals surface area (Å²) in [7, 11) is 1.61. The molecule has 2 aromatic carbocycles. The van der Waals surface area contributed by atoms with Gasteiger partial charge in [0.05, 0.1) is 12.1 Å². The maximum Gasteiger partial charge on any atom is 0.251 e. The lowest BCUT2D eigenvalue weighted by Crippen LogP contribution is -2.23. The fourth-order valence-electron chi connectivity index (χ4n) is 2.27. The predicted octanol–water partition coefficient (Wildman–Crippen LogP) is 3.05. The van der Waals surface area contributed by atoms with Gasteiger partial charge in [0.25, 0.3) is 5.91 Å². The molecule has 3 rings (SSSR count). The van der Waals surface area contributed by atoms with Crippen molar-refractivity contribution >= 4 is 17.5 Å². The van der Waals surface area contributed by atoms with Crippen molar-refractivity contribution < 1.29 is 19.0 Å². The molecular weight excluding hydrogens is 318 g/mol. The van der Waals surface area contributed by atoms with Gasteiger partial charge < -0.3 is 19.5 Å². The predicted molar refractivity (Wildman–Crippen MR) is 86.6 cm³/mol. The third-order valence-corrected chi connectivity index (χ3v) is 3.75. The lowest BCUT2D eigenvalue weighted by Gasteiger charge is -2.20. The minimum Gasteiger partial charge on any atom is -0.497 e.